The van der Waals surface area contributed by atoms with Crippen molar-refractivity contribution >= 4 is 12.1 Å². The van der Waals surface area contributed by atoms with Gasteiger partial charge in [0.05, 0.1) is 5.69 Å². The van der Waals surface area contributed by atoms with Gasteiger partial charge in [-0.3, -0.25) is 4.79 Å². The minimum absolute atomic E-state index is 0.674. The van der Waals surface area contributed by atoms with Crippen LogP contribution in [0, 0.1) is 0 Å². The molecule has 0 fully saturated rings. The molecule has 0 spiro atoms. The number of anilines is 1. The van der Waals surface area contributed by atoms with Gasteiger partial charge in [0.1, 0.15) is 0 Å². The van der Waals surface area contributed by atoms with Gasteiger partial charge in [-0.05, 0) is 18.6 Å². The van der Waals surface area contributed by atoms with E-state index in [1.165, 1.54) is 0 Å². The summed E-state index contributed by atoms with van der Waals surface area (Å²) in [4.78, 5) is 12.8. The molecule has 0 saturated heterocycles. The van der Waals surface area contributed by atoms with Gasteiger partial charge in [-0.25, -0.2) is 0 Å². The number of benzene rings is 2. The zero-order valence-electron chi connectivity index (χ0n) is 9.84. The zero-order valence-corrected chi connectivity index (χ0v) is 9.84. The molecule has 0 bridgehead atoms. The Kier molecular flexibility index (Phi) is 3.55. The van der Waals surface area contributed by atoms with Crippen molar-refractivity contribution in [1.29, 1.82) is 0 Å². The van der Waals surface area contributed by atoms with Crippen LogP contribution in [0.4, 0.5) is 5.69 Å². The monoisotopic (exact) mass is 225 g/mol. The lowest BCUT2D eigenvalue weighted by molar-refractivity contribution is -0.107. The third kappa shape index (κ3) is 2.36. The average Bonchev–Trinajstić information content (AvgIpc) is 2.42. The number of hydrogen-bond acceptors (Lipinski definition) is 1. The number of para-hydroxylation sites is 1. The van der Waals surface area contributed by atoms with Gasteiger partial charge < -0.3 is 4.90 Å². The molecule has 2 heteroatoms. The highest BCUT2D eigenvalue weighted by molar-refractivity contribution is 5.86. The smallest absolute Gasteiger partial charge is 0.214 e. The quantitative estimate of drug-likeness (QED) is 0.731. The van der Waals surface area contributed by atoms with E-state index >= 15 is 0 Å². The van der Waals surface area contributed by atoms with Crippen LogP contribution in [0.3, 0.4) is 0 Å². The van der Waals surface area contributed by atoms with Crippen LogP contribution in [0.25, 0.3) is 11.1 Å². The minimum atomic E-state index is 0.674. The fourth-order valence-electron chi connectivity index (χ4n) is 1.89. The van der Waals surface area contributed by atoms with Gasteiger partial charge in [-0.15, -0.1) is 0 Å². The van der Waals surface area contributed by atoms with Gasteiger partial charge in [0.2, 0.25) is 6.41 Å². The van der Waals surface area contributed by atoms with Crippen molar-refractivity contribution in [1.82, 2.24) is 0 Å². The Bertz CT molecular complexity index is 493. The summed E-state index contributed by atoms with van der Waals surface area (Å²) >= 11 is 0. The Morgan fingerprint density at radius 1 is 1.00 bits per heavy atom. The molecule has 0 aliphatic carbocycles. The molecule has 0 aliphatic rings. The van der Waals surface area contributed by atoms with Gasteiger partial charge >= 0.3 is 0 Å². The molecule has 0 saturated carbocycles. The summed E-state index contributed by atoms with van der Waals surface area (Å²) in [6.45, 7) is 2.64. The lowest BCUT2D eigenvalue weighted by atomic mass is 10.0. The van der Waals surface area contributed by atoms with Crippen LogP contribution >= 0.6 is 0 Å². The third-order valence-electron chi connectivity index (χ3n) is 2.77. The molecule has 2 aromatic rings. The predicted molar refractivity (Wildman–Crippen MR) is 71.0 cm³/mol. The first-order chi connectivity index (χ1) is 8.36. The first-order valence-corrected chi connectivity index (χ1v) is 5.73. The topological polar surface area (TPSA) is 20.3 Å². The van der Waals surface area contributed by atoms with E-state index in [0.29, 0.717) is 6.54 Å². The molecular weight excluding hydrogens is 210 g/mol. The second-order valence-corrected chi connectivity index (χ2v) is 3.77. The van der Waals surface area contributed by atoms with Crippen molar-refractivity contribution in [2.24, 2.45) is 0 Å². The molecule has 2 rings (SSSR count). The van der Waals surface area contributed by atoms with Crippen molar-refractivity contribution in [3.8, 4) is 11.1 Å². The summed E-state index contributed by atoms with van der Waals surface area (Å²) in [6, 6.07) is 18.1. The SMILES string of the molecule is CCN(C=O)c1ccccc1-c1ccccc1. The van der Waals surface area contributed by atoms with Crippen LogP contribution in [0.1, 0.15) is 6.92 Å². The molecule has 2 nitrogen and oxygen atoms in total. The summed E-state index contributed by atoms with van der Waals surface area (Å²) in [6.07, 6.45) is 0.877. The molecule has 0 unspecified atom stereocenters. The molecule has 0 radical (unpaired) electrons. The van der Waals surface area contributed by atoms with Crippen LogP contribution in [-0.2, 0) is 4.79 Å². The van der Waals surface area contributed by atoms with Gasteiger partial charge in [0.25, 0.3) is 0 Å². The van der Waals surface area contributed by atoms with Crippen molar-refractivity contribution < 1.29 is 4.79 Å². The highest BCUT2D eigenvalue weighted by Gasteiger charge is 2.09. The van der Waals surface area contributed by atoms with Crippen molar-refractivity contribution in [2.75, 3.05) is 11.4 Å². The summed E-state index contributed by atoms with van der Waals surface area (Å²) in [5.41, 5.74) is 3.17. The summed E-state index contributed by atoms with van der Waals surface area (Å²) in [7, 11) is 0. The molecule has 0 N–H and O–H groups in total. The van der Waals surface area contributed by atoms with E-state index in [0.717, 1.165) is 23.2 Å². The highest BCUT2D eigenvalue weighted by Crippen LogP contribution is 2.29. The van der Waals surface area contributed by atoms with Crippen LogP contribution in [0.5, 0.6) is 0 Å². The highest BCUT2D eigenvalue weighted by atomic mass is 16.1. The normalized spacial score (nSPS) is 9.94. The molecule has 0 atom stereocenters. The summed E-state index contributed by atoms with van der Waals surface area (Å²) in [5, 5.41) is 0. The largest absolute Gasteiger partial charge is 0.315 e. The molecule has 17 heavy (non-hydrogen) atoms. The van der Waals surface area contributed by atoms with Crippen LogP contribution in [-0.4, -0.2) is 13.0 Å². The molecule has 1 amide bonds. The van der Waals surface area contributed by atoms with Crippen LogP contribution in [0.15, 0.2) is 54.6 Å². The van der Waals surface area contributed by atoms with Crippen molar-refractivity contribution in [2.45, 2.75) is 6.92 Å². The number of amides is 1. The zero-order chi connectivity index (χ0) is 12.1. The van der Waals surface area contributed by atoms with Gasteiger partial charge in [-0.2, -0.15) is 0 Å². The fourth-order valence-corrected chi connectivity index (χ4v) is 1.89. The lowest BCUT2D eigenvalue weighted by Crippen LogP contribution is -2.20. The van der Waals surface area contributed by atoms with E-state index < -0.39 is 0 Å². The van der Waals surface area contributed by atoms with Crippen LogP contribution in [0.2, 0.25) is 0 Å². The molecule has 0 aliphatic heterocycles. The third-order valence-corrected chi connectivity index (χ3v) is 2.77. The number of carbonyl (C=O) groups is 1. The number of nitrogens with zero attached hydrogens (tertiary/aromatic N) is 1. The second-order valence-electron chi connectivity index (χ2n) is 3.77. The van der Waals surface area contributed by atoms with Crippen molar-refractivity contribution in [3.63, 3.8) is 0 Å². The van der Waals surface area contributed by atoms with E-state index in [9.17, 15) is 4.79 Å². The standard InChI is InChI=1S/C15H15NO/c1-2-16(12-17)15-11-7-6-10-14(15)13-8-4-3-5-9-13/h3-12H,2H2,1H3. The molecule has 86 valence electrons. The fraction of sp³-hybridized carbons (Fsp3) is 0.133. The number of carbonyl (C=O) groups excluding carboxylic acids is 1. The van der Waals surface area contributed by atoms with Gasteiger partial charge in [0, 0.05) is 12.1 Å². The Balaban J connectivity index is 2.51. The lowest BCUT2D eigenvalue weighted by Gasteiger charge is -2.19. The Hall–Kier alpha value is -2.09. The maximum absolute atomic E-state index is 11.0. The Morgan fingerprint density at radius 3 is 2.29 bits per heavy atom. The van der Waals surface area contributed by atoms with E-state index in [4.69, 9.17) is 0 Å². The first-order valence-electron chi connectivity index (χ1n) is 5.73. The second kappa shape index (κ2) is 5.30. The number of hydrogen-bond donors (Lipinski definition) is 0. The molecular formula is C15H15NO. The summed E-state index contributed by atoms with van der Waals surface area (Å²) in [5.74, 6) is 0. The Morgan fingerprint density at radius 2 is 1.65 bits per heavy atom. The number of rotatable bonds is 4. The molecule has 0 heterocycles. The Labute approximate surface area is 102 Å². The van der Waals surface area contributed by atoms with Gasteiger partial charge in [0.15, 0.2) is 0 Å². The maximum Gasteiger partial charge on any atom is 0.214 e. The van der Waals surface area contributed by atoms with E-state index in [-0.39, 0.29) is 0 Å². The van der Waals surface area contributed by atoms with E-state index in [2.05, 4.69) is 12.1 Å². The van der Waals surface area contributed by atoms with E-state index in [1.807, 2.05) is 49.4 Å². The van der Waals surface area contributed by atoms with Gasteiger partial charge in [-0.1, -0.05) is 48.5 Å². The predicted octanol–water partition coefficient (Wildman–Crippen LogP) is 3.34. The first kappa shape index (κ1) is 11.4. The minimum Gasteiger partial charge on any atom is -0.315 e. The average molecular weight is 225 g/mol. The maximum atomic E-state index is 11.0. The van der Waals surface area contributed by atoms with Crippen LogP contribution < -0.4 is 4.90 Å². The van der Waals surface area contributed by atoms with Crippen molar-refractivity contribution in [3.05, 3.63) is 54.6 Å². The van der Waals surface area contributed by atoms with E-state index in [1.54, 1.807) is 4.90 Å². The molecule has 0 aromatic heterocycles. The summed E-state index contributed by atoms with van der Waals surface area (Å²) < 4.78 is 0. The molecule has 2 aromatic carbocycles.